The molecule has 2 rings (SSSR count). The molecule has 5 nitrogen and oxygen atoms in total. The van der Waals surface area contributed by atoms with Gasteiger partial charge in [-0.2, -0.15) is 0 Å². The van der Waals surface area contributed by atoms with Gasteiger partial charge in [-0.3, -0.25) is 4.79 Å². The molecule has 1 aromatic carbocycles. The van der Waals surface area contributed by atoms with E-state index in [-0.39, 0.29) is 24.3 Å². The fourth-order valence-corrected chi connectivity index (χ4v) is 3.38. The summed E-state index contributed by atoms with van der Waals surface area (Å²) in [5.74, 6) is -0.0666. The van der Waals surface area contributed by atoms with E-state index in [4.69, 9.17) is 10.9 Å². The van der Waals surface area contributed by atoms with E-state index in [0.29, 0.717) is 5.56 Å². The second-order valence-electron chi connectivity index (χ2n) is 5.09. The van der Waals surface area contributed by atoms with E-state index in [2.05, 4.69) is 37.0 Å². The van der Waals surface area contributed by atoms with Crippen LogP contribution in [-0.2, 0) is 0 Å². The SMILES string of the molecule is N/C(CN(C(=O)c1cc(Br)ccc1Br)C1CCCC1)=N/O. The Hall–Kier alpha value is -1.08. The average Bonchev–Trinajstić information content (AvgIpc) is 3.00. The van der Waals surface area contributed by atoms with Crippen LogP contribution >= 0.6 is 31.9 Å². The maximum atomic E-state index is 12.8. The van der Waals surface area contributed by atoms with Crippen LogP contribution in [0.5, 0.6) is 0 Å². The summed E-state index contributed by atoms with van der Waals surface area (Å²) in [4.78, 5) is 14.5. The van der Waals surface area contributed by atoms with Crippen molar-refractivity contribution in [2.24, 2.45) is 10.9 Å². The van der Waals surface area contributed by atoms with Crippen molar-refractivity contribution < 1.29 is 10.0 Å². The second-order valence-corrected chi connectivity index (χ2v) is 6.86. The van der Waals surface area contributed by atoms with Crippen molar-refractivity contribution in [3.05, 3.63) is 32.7 Å². The Morgan fingerprint density at radius 1 is 1.38 bits per heavy atom. The van der Waals surface area contributed by atoms with Crippen LogP contribution in [-0.4, -0.2) is 34.4 Å². The number of nitrogens with zero attached hydrogens (tertiary/aromatic N) is 2. The van der Waals surface area contributed by atoms with Gasteiger partial charge in [0.2, 0.25) is 0 Å². The normalized spacial score (nSPS) is 16.2. The van der Waals surface area contributed by atoms with Crippen molar-refractivity contribution in [3.63, 3.8) is 0 Å². The van der Waals surface area contributed by atoms with Crippen LogP contribution in [0.3, 0.4) is 0 Å². The van der Waals surface area contributed by atoms with Crippen LogP contribution in [0.4, 0.5) is 0 Å². The van der Waals surface area contributed by atoms with Gasteiger partial charge in [-0.25, -0.2) is 0 Å². The molecule has 0 radical (unpaired) electrons. The third-order valence-corrected chi connectivity index (χ3v) is 4.83. The number of benzene rings is 1. The van der Waals surface area contributed by atoms with Crippen LogP contribution in [0.2, 0.25) is 0 Å². The first-order chi connectivity index (χ1) is 10.0. The highest BCUT2D eigenvalue weighted by atomic mass is 79.9. The number of nitrogens with two attached hydrogens (primary N) is 1. The molecule has 1 fully saturated rings. The summed E-state index contributed by atoms with van der Waals surface area (Å²) in [7, 11) is 0. The molecule has 0 bridgehead atoms. The predicted octanol–water partition coefficient (Wildman–Crippen LogP) is 3.34. The molecule has 7 heteroatoms. The standard InChI is InChI=1S/C14H17Br2N3O2/c15-9-5-6-12(16)11(7-9)14(20)19(8-13(17)18-21)10-3-1-2-4-10/h5-7,10,21H,1-4,8H2,(H2,17,18). The molecule has 0 spiro atoms. The highest BCUT2D eigenvalue weighted by Crippen LogP contribution is 2.28. The van der Waals surface area contributed by atoms with Crippen LogP contribution in [0, 0.1) is 0 Å². The largest absolute Gasteiger partial charge is 0.409 e. The third-order valence-electron chi connectivity index (χ3n) is 3.65. The molecule has 0 saturated heterocycles. The van der Waals surface area contributed by atoms with E-state index in [0.717, 1.165) is 34.6 Å². The first kappa shape index (κ1) is 16.3. The number of oxime groups is 1. The molecule has 0 aromatic heterocycles. The second kappa shape index (κ2) is 7.26. The fraction of sp³-hybridized carbons (Fsp3) is 0.429. The number of rotatable bonds is 4. The van der Waals surface area contributed by atoms with Gasteiger partial charge in [0.05, 0.1) is 12.1 Å². The Morgan fingerprint density at radius 3 is 2.67 bits per heavy atom. The fourth-order valence-electron chi connectivity index (χ4n) is 2.60. The molecule has 1 amide bonds. The van der Waals surface area contributed by atoms with Gasteiger partial charge in [-0.1, -0.05) is 33.9 Å². The van der Waals surface area contributed by atoms with Gasteiger partial charge in [-0.05, 0) is 47.0 Å². The highest BCUT2D eigenvalue weighted by molar-refractivity contribution is 9.11. The number of hydrogen-bond acceptors (Lipinski definition) is 3. The summed E-state index contributed by atoms with van der Waals surface area (Å²) >= 11 is 6.79. The Labute approximate surface area is 140 Å². The third kappa shape index (κ3) is 3.97. The van der Waals surface area contributed by atoms with Crippen LogP contribution in [0.25, 0.3) is 0 Å². The number of hydrogen-bond donors (Lipinski definition) is 2. The molecule has 0 heterocycles. The van der Waals surface area contributed by atoms with E-state index in [1.165, 1.54) is 0 Å². The smallest absolute Gasteiger partial charge is 0.255 e. The lowest BCUT2D eigenvalue weighted by atomic mass is 10.1. The lowest BCUT2D eigenvalue weighted by molar-refractivity contribution is 0.0711. The van der Waals surface area contributed by atoms with Gasteiger partial charge in [0.1, 0.15) is 0 Å². The molecular formula is C14H17Br2N3O2. The Bertz CT molecular complexity index is 557. The number of carbonyl (C=O) groups excluding carboxylic acids is 1. The quantitative estimate of drug-likeness (QED) is 0.340. The van der Waals surface area contributed by atoms with Crippen molar-refractivity contribution in [3.8, 4) is 0 Å². The van der Waals surface area contributed by atoms with Crippen molar-refractivity contribution in [2.75, 3.05) is 6.54 Å². The monoisotopic (exact) mass is 417 g/mol. The van der Waals surface area contributed by atoms with E-state index in [9.17, 15) is 4.79 Å². The number of halogens is 2. The minimum Gasteiger partial charge on any atom is -0.409 e. The molecular weight excluding hydrogens is 402 g/mol. The van der Waals surface area contributed by atoms with E-state index in [1.807, 2.05) is 12.1 Å². The molecule has 21 heavy (non-hydrogen) atoms. The van der Waals surface area contributed by atoms with Crippen molar-refractivity contribution in [2.45, 2.75) is 31.7 Å². The molecule has 1 aromatic rings. The van der Waals surface area contributed by atoms with E-state index in [1.54, 1.807) is 11.0 Å². The molecule has 1 saturated carbocycles. The van der Waals surface area contributed by atoms with Crippen LogP contribution in [0.1, 0.15) is 36.0 Å². The maximum Gasteiger partial charge on any atom is 0.255 e. The highest BCUT2D eigenvalue weighted by Gasteiger charge is 2.29. The first-order valence-electron chi connectivity index (χ1n) is 6.75. The van der Waals surface area contributed by atoms with Crippen molar-refractivity contribution in [1.82, 2.24) is 4.90 Å². The summed E-state index contributed by atoms with van der Waals surface area (Å²) in [5, 5.41) is 11.8. The number of amidine groups is 1. The van der Waals surface area contributed by atoms with Crippen molar-refractivity contribution >= 4 is 43.6 Å². The van der Waals surface area contributed by atoms with Crippen molar-refractivity contribution in [1.29, 1.82) is 0 Å². The van der Waals surface area contributed by atoms with Crippen LogP contribution in [0.15, 0.2) is 32.3 Å². The Balaban J connectivity index is 2.30. The Morgan fingerprint density at radius 2 is 2.05 bits per heavy atom. The summed E-state index contributed by atoms with van der Waals surface area (Å²) in [6, 6.07) is 5.61. The minimum absolute atomic E-state index is 0.0429. The molecule has 0 unspecified atom stereocenters. The van der Waals surface area contributed by atoms with Gasteiger partial charge in [-0.15, -0.1) is 0 Å². The summed E-state index contributed by atoms with van der Waals surface area (Å²) in [6.07, 6.45) is 4.11. The van der Waals surface area contributed by atoms with Gasteiger partial charge < -0.3 is 15.8 Å². The van der Waals surface area contributed by atoms with E-state index >= 15 is 0 Å². The van der Waals surface area contributed by atoms with E-state index < -0.39 is 0 Å². The lowest BCUT2D eigenvalue weighted by Gasteiger charge is -2.29. The Kier molecular flexibility index (Phi) is 5.64. The minimum atomic E-state index is -0.110. The topological polar surface area (TPSA) is 78.9 Å². The maximum absolute atomic E-state index is 12.8. The average molecular weight is 419 g/mol. The number of amides is 1. The molecule has 1 aliphatic rings. The van der Waals surface area contributed by atoms with Crippen LogP contribution < -0.4 is 5.73 Å². The lowest BCUT2D eigenvalue weighted by Crippen LogP contribution is -2.44. The van der Waals surface area contributed by atoms with Gasteiger partial charge in [0.15, 0.2) is 5.84 Å². The molecule has 0 aliphatic heterocycles. The zero-order valence-corrected chi connectivity index (χ0v) is 14.6. The molecule has 3 N–H and O–H groups in total. The van der Waals surface area contributed by atoms with Gasteiger partial charge in [0.25, 0.3) is 5.91 Å². The van der Waals surface area contributed by atoms with Gasteiger partial charge >= 0.3 is 0 Å². The summed E-state index contributed by atoms with van der Waals surface area (Å²) < 4.78 is 1.57. The predicted molar refractivity (Wildman–Crippen MR) is 88.5 cm³/mol. The summed E-state index contributed by atoms with van der Waals surface area (Å²) in [5.41, 5.74) is 6.18. The zero-order chi connectivity index (χ0) is 15.4. The molecule has 114 valence electrons. The molecule has 1 aliphatic carbocycles. The zero-order valence-electron chi connectivity index (χ0n) is 11.4. The number of carbonyl (C=O) groups is 1. The van der Waals surface area contributed by atoms with Gasteiger partial charge in [0, 0.05) is 15.0 Å². The molecule has 0 atom stereocenters. The summed E-state index contributed by atoms with van der Waals surface area (Å²) in [6.45, 7) is 0.138. The first-order valence-corrected chi connectivity index (χ1v) is 8.34.